The topological polar surface area (TPSA) is 63.3 Å². The molecule has 0 radical (unpaired) electrons. The minimum Gasteiger partial charge on any atom is -0.465 e. The number of nitrogens with one attached hydrogen (secondary N) is 1. The minimum atomic E-state index is 0.0105. The SMILES string of the molecule is Cc1nccn1-c1ccc(NC(=O)C2CCCN(C/C=C/c3ccco3)C2)cc1. The molecule has 6 nitrogen and oxygen atoms in total. The van der Waals surface area contributed by atoms with Gasteiger partial charge < -0.3 is 14.3 Å². The van der Waals surface area contributed by atoms with E-state index >= 15 is 0 Å². The summed E-state index contributed by atoms with van der Waals surface area (Å²) in [6.45, 7) is 4.59. The zero-order valence-corrected chi connectivity index (χ0v) is 16.6. The highest BCUT2D eigenvalue weighted by Gasteiger charge is 2.25. The van der Waals surface area contributed by atoms with Crippen LogP contribution in [0.4, 0.5) is 5.69 Å². The van der Waals surface area contributed by atoms with Gasteiger partial charge in [0.15, 0.2) is 0 Å². The normalized spacial score (nSPS) is 17.6. The molecule has 1 unspecified atom stereocenters. The third kappa shape index (κ3) is 4.84. The lowest BCUT2D eigenvalue weighted by molar-refractivity contribution is -0.121. The van der Waals surface area contributed by atoms with Crippen LogP contribution >= 0.6 is 0 Å². The smallest absolute Gasteiger partial charge is 0.228 e. The maximum Gasteiger partial charge on any atom is 0.228 e. The number of hydrogen-bond donors (Lipinski definition) is 1. The fraction of sp³-hybridized carbons (Fsp3) is 0.304. The van der Waals surface area contributed by atoms with E-state index in [-0.39, 0.29) is 11.8 Å². The summed E-state index contributed by atoms with van der Waals surface area (Å²) >= 11 is 0. The molecule has 1 fully saturated rings. The molecular formula is C23H26N4O2. The summed E-state index contributed by atoms with van der Waals surface area (Å²) < 4.78 is 7.33. The summed E-state index contributed by atoms with van der Waals surface area (Å²) in [7, 11) is 0. The molecule has 1 atom stereocenters. The quantitative estimate of drug-likeness (QED) is 0.687. The number of nitrogens with zero attached hydrogens (tertiary/aromatic N) is 3. The van der Waals surface area contributed by atoms with Crippen LogP contribution in [0.2, 0.25) is 0 Å². The van der Waals surface area contributed by atoms with E-state index in [1.54, 1.807) is 12.5 Å². The lowest BCUT2D eigenvalue weighted by Crippen LogP contribution is -2.40. The number of rotatable bonds is 6. The Balaban J connectivity index is 1.31. The Morgan fingerprint density at radius 3 is 2.90 bits per heavy atom. The first-order chi connectivity index (χ1) is 14.2. The zero-order valence-electron chi connectivity index (χ0n) is 16.6. The Bertz CT molecular complexity index is 957. The van der Waals surface area contributed by atoms with E-state index in [1.165, 1.54) is 0 Å². The highest BCUT2D eigenvalue weighted by atomic mass is 16.3. The van der Waals surface area contributed by atoms with Gasteiger partial charge in [0.2, 0.25) is 5.91 Å². The Hall–Kier alpha value is -3.12. The fourth-order valence-corrected chi connectivity index (χ4v) is 3.74. The van der Waals surface area contributed by atoms with Crippen molar-refractivity contribution in [2.24, 2.45) is 5.92 Å². The lowest BCUT2D eigenvalue weighted by Gasteiger charge is -2.31. The van der Waals surface area contributed by atoms with Crippen LogP contribution in [0.15, 0.2) is 65.5 Å². The van der Waals surface area contributed by atoms with Gasteiger partial charge in [0.25, 0.3) is 0 Å². The van der Waals surface area contributed by atoms with Crippen molar-refractivity contribution in [2.75, 3.05) is 25.0 Å². The maximum absolute atomic E-state index is 12.8. The van der Waals surface area contributed by atoms with Crippen LogP contribution < -0.4 is 5.32 Å². The highest BCUT2D eigenvalue weighted by molar-refractivity contribution is 5.92. The van der Waals surface area contributed by atoms with Gasteiger partial charge in [-0.1, -0.05) is 6.08 Å². The van der Waals surface area contributed by atoms with Gasteiger partial charge in [-0.2, -0.15) is 0 Å². The molecule has 29 heavy (non-hydrogen) atoms. The first-order valence-electron chi connectivity index (χ1n) is 10.0. The van der Waals surface area contributed by atoms with Crippen molar-refractivity contribution < 1.29 is 9.21 Å². The number of benzene rings is 1. The number of furan rings is 1. The maximum atomic E-state index is 12.8. The summed E-state index contributed by atoms with van der Waals surface area (Å²) in [5, 5.41) is 3.07. The number of carbonyl (C=O) groups excluding carboxylic acids is 1. The molecule has 1 amide bonds. The Morgan fingerprint density at radius 2 is 2.17 bits per heavy atom. The summed E-state index contributed by atoms with van der Waals surface area (Å²) in [6, 6.07) is 11.7. The van der Waals surface area contributed by atoms with E-state index in [2.05, 4.69) is 21.3 Å². The minimum absolute atomic E-state index is 0.0105. The number of imidazole rings is 1. The summed E-state index contributed by atoms with van der Waals surface area (Å²) in [6.07, 6.45) is 11.4. The van der Waals surface area contributed by atoms with Crippen LogP contribution in [0.3, 0.4) is 0 Å². The predicted molar refractivity (Wildman–Crippen MR) is 114 cm³/mol. The van der Waals surface area contributed by atoms with Gasteiger partial charge in [0.05, 0.1) is 12.2 Å². The second kappa shape index (κ2) is 8.92. The third-order valence-electron chi connectivity index (χ3n) is 5.30. The van der Waals surface area contributed by atoms with Gasteiger partial charge in [-0.15, -0.1) is 0 Å². The van der Waals surface area contributed by atoms with Crippen molar-refractivity contribution in [3.8, 4) is 5.69 Å². The summed E-state index contributed by atoms with van der Waals surface area (Å²) in [5.41, 5.74) is 1.86. The number of hydrogen-bond acceptors (Lipinski definition) is 4. The lowest BCUT2D eigenvalue weighted by atomic mass is 9.97. The Morgan fingerprint density at radius 1 is 1.31 bits per heavy atom. The molecule has 4 rings (SSSR count). The van der Waals surface area contributed by atoms with E-state index in [1.807, 2.05) is 60.2 Å². The first kappa shape index (κ1) is 19.2. The third-order valence-corrected chi connectivity index (χ3v) is 5.30. The van der Waals surface area contributed by atoms with E-state index in [9.17, 15) is 4.79 Å². The monoisotopic (exact) mass is 390 g/mol. The number of anilines is 1. The number of piperidine rings is 1. The largest absolute Gasteiger partial charge is 0.465 e. The van der Waals surface area contributed by atoms with Crippen molar-refractivity contribution in [3.05, 3.63) is 72.7 Å². The number of carbonyl (C=O) groups is 1. The van der Waals surface area contributed by atoms with Crippen LogP contribution in [-0.4, -0.2) is 40.0 Å². The first-order valence-corrected chi connectivity index (χ1v) is 10.0. The summed E-state index contributed by atoms with van der Waals surface area (Å²) in [4.78, 5) is 19.3. The van der Waals surface area contributed by atoms with E-state index in [0.29, 0.717) is 0 Å². The highest BCUT2D eigenvalue weighted by Crippen LogP contribution is 2.20. The molecule has 0 saturated carbocycles. The molecule has 0 bridgehead atoms. The molecule has 0 aliphatic carbocycles. The molecule has 150 valence electrons. The van der Waals surface area contributed by atoms with Gasteiger partial charge in [-0.25, -0.2) is 4.98 Å². The number of likely N-dealkylation sites (tertiary alicyclic amines) is 1. The molecule has 3 heterocycles. The van der Waals surface area contributed by atoms with Crippen LogP contribution in [-0.2, 0) is 4.79 Å². The molecule has 1 aromatic carbocycles. The zero-order chi connectivity index (χ0) is 20.1. The number of amides is 1. The van der Waals surface area contributed by atoms with Crippen molar-refractivity contribution in [1.82, 2.24) is 14.5 Å². The molecule has 2 aromatic heterocycles. The van der Waals surface area contributed by atoms with Gasteiger partial charge in [0.1, 0.15) is 11.6 Å². The van der Waals surface area contributed by atoms with Gasteiger partial charge in [-0.05, 0) is 68.8 Å². The molecule has 6 heteroatoms. The Labute approximate surface area is 170 Å². The van der Waals surface area contributed by atoms with Crippen molar-refractivity contribution in [3.63, 3.8) is 0 Å². The van der Waals surface area contributed by atoms with E-state index in [0.717, 1.165) is 55.4 Å². The second-order valence-corrected chi connectivity index (χ2v) is 7.40. The predicted octanol–water partition coefficient (Wildman–Crippen LogP) is 4.14. The average Bonchev–Trinajstić information content (AvgIpc) is 3.41. The van der Waals surface area contributed by atoms with E-state index < -0.39 is 0 Å². The average molecular weight is 390 g/mol. The molecular weight excluding hydrogens is 364 g/mol. The van der Waals surface area contributed by atoms with Crippen LogP contribution in [0.5, 0.6) is 0 Å². The number of aryl methyl sites for hydroxylation is 1. The second-order valence-electron chi connectivity index (χ2n) is 7.40. The molecule has 1 N–H and O–H groups in total. The number of aromatic nitrogens is 2. The fourth-order valence-electron chi connectivity index (χ4n) is 3.74. The molecule has 1 aliphatic heterocycles. The molecule has 3 aromatic rings. The van der Waals surface area contributed by atoms with Gasteiger partial charge in [0, 0.05) is 36.9 Å². The van der Waals surface area contributed by atoms with Crippen molar-refractivity contribution in [1.29, 1.82) is 0 Å². The van der Waals surface area contributed by atoms with Crippen molar-refractivity contribution in [2.45, 2.75) is 19.8 Å². The molecule has 1 saturated heterocycles. The molecule has 0 spiro atoms. The summed E-state index contributed by atoms with van der Waals surface area (Å²) in [5.74, 6) is 1.89. The molecule has 1 aliphatic rings. The standard InChI is InChI=1S/C23H26N4O2/c1-18-24-12-15-27(18)21-10-8-20(9-11-21)25-23(28)19-5-2-13-26(17-19)14-3-6-22-7-4-16-29-22/h3-4,6-12,15-16,19H,2,5,13-14,17H2,1H3,(H,25,28)/b6-3+. The van der Waals surface area contributed by atoms with Gasteiger partial charge in [-0.3, -0.25) is 9.69 Å². The van der Waals surface area contributed by atoms with Crippen LogP contribution in [0.1, 0.15) is 24.4 Å². The van der Waals surface area contributed by atoms with E-state index in [4.69, 9.17) is 4.42 Å². The van der Waals surface area contributed by atoms with Crippen LogP contribution in [0.25, 0.3) is 11.8 Å². The van der Waals surface area contributed by atoms with Crippen LogP contribution in [0, 0.1) is 12.8 Å². The Kier molecular flexibility index (Phi) is 5.91. The van der Waals surface area contributed by atoms with Crippen molar-refractivity contribution >= 4 is 17.7 Å². The van der Waals surface area contributed by atoms with Gasteiger partial charge >= 0.3 is 0 Å².